The second kappa shape index (κ2) is 11.2. The largest absolute Gasteiger partial charge is 0.320 e. The Balaban J connectivity index is 1.81. The van der Waals surface area contributed by atoms with Gasteiger partial charge in [-0.15, -0.1) is 0 Å². The van der Waals surface area contributed by atoms with E-state index in [1.807, 2.05) is 0 Å². The molecule has 3 unspecified atom stereocenters. The molecule has 3 atom stereocenters. The number of quaternary nitrogens is 1. The van der Waals surface area contributed by atoms with Gasteiger partial charge in [0.1, 0.15) is 12.6 Å². The maximum Gasteiger partial charge on any atom is 0.282 e. The van der Waals surface area contributed by atoms with Crippen LogP contribution in [0.1, 0.15) is 73.4 Å². The minimum atomic E-state index is -0.121. The molecule has 1 aliphatic heterocycles. The van der Waals surface area contributed by atoms with Gasteiger partial charge in [-0.1, -0.05) is 86.6 Å². The standard InChI is InChI=1S/C32H40N2O/c1-5-26-17-10-11-20-28(26)23-34(22-13-12-21-30(34)27-18-8-7-9-19-27)29(6-2)32(35)33-31-24(3)15-14-16-25(31)4/h7-11,14-20,29-30H,5-6,12-13,21-23H2,1-4H3/p+1. The van der Waals surface area contributed by atoms with Crippen LogP contribution in [0.2, 0.25) is 0 Å². The molecule has 3 heteroatoms. The number of carbonyl (C=O) groups is 1. The van der Waals surface area contributed by atoms with Gasteiger partial charge in [-0.3, -0.25) is 4.79 Å². The van der Waals surface area contributed by atoms with Crippen LogP contribution in [0.4, 0.5) is 5.69 Å². The molecule has 3 nitrogen and oxygen atoms in total. The maximum atomic E-state index is 14.1. The minimum absolute atomic E-state index is 0.121. The number of para-hydroxylation sites is 1. The number of hydrogen-bond donors (Lipinski definition) is 1. The number of aryl methyl sites for hydroxylation is 3. The lowest BCUT2D eigenvalue weighted by atomic mass is 9.87. The van der Waals surface area contributed by atoms with Gasteiger partial charge in [0.15, 0.2) is 6.04 Å². The molecule has 1 aliphatic rings. The first-order valence-electron chi connectivity index (χ1n) is 13.4. The Labute approximate surface area is 211 Å². The van der Waals surface area contributed by atoms with Crippen molar-refractivity contribution in [1.82, 2.24) is 0 Å². The summed E-state index contributed by atoms with van der Waals surface area (Å²) in [7, 11) is 0. The molecular formula is C32H41N2O+. The first kappa shape index (κ1) is 25.2. The van der Waals surface area contributed by atoms with Crippen molar-refractivity contribution in [2.24, 2.45) is 0 Å². The summed E-state index contributed by atoms with van der Waals surface area (Å²) in [6, 6.07) is 26.2. The SMILES string of the molecule is CCc1ccccc1C[N+]1(C(CC)C(=O)Nc2c(C)cccc2C)CCCCC1c1ccccc1. The summed E-state index contributed by atoms with van der Waals surface area (Å²) >= 11 is 0. The first-order valence-corrected chi connectivity index (χ1v) is 13.4. The monoisotopic (exact) mass is 469 g/mol. The van der Waals surface area contributed by atoms with Crippen LogP contribution in [0.15, 0.2) is 72.8 Å². The van der Waals surface area contributed by atoms with Crippen LogP contribution in [0, 0.1) is 13.8 Å². The lowest BCUT2D eigenvalue weighted by Gasteiger charge is -2.52. The van der Waals surface area contributed by atoms with Crippen LogP contribution in [0.5, 0.6) is 0 Å². The molecule has 0 saturated carbocycles. The molecule has 3 aromatic carbocycles. The molecule has 4 rings (SSSR count). The molecular weight excluding hydrogens is 428 g/mol. The van der Waals surface area contributed by atoms with Gasteiger partial charge in [-0.2, -0.15) is 0 Å². The molecule has 1 heterocycles. The fourth-order valence-corrected chi connectivity index (χ4v) is 6.34. The zero-order chi connectivity index (χ0) is 24.8. The van der Waals surface area contributed by atoms with E-state index in [1.165, 1.54) is 23.1 Å². The van der Waals surface area contributed by atoms with E-state index < -0.39 is 0 Å². The molecule has 0 spiro atoms. The average Bonchev–Trinajstić information content (AvgIpc) is 2.88. The highest BCUT2D eigenvalue weighted by Crippen LogP contribution is 2.43. The molecule has 0 aliphatic carbocycles. The zero-order valence-electron chi connectivity index (χ0n) is 21.9. The van der Waals surface area contributed by atoms with Gasteiger partial charge >= 0.3 is 0 Å². The predicted molar refractivity (Wildman–Crippen MR) is 146 cm³/mol. The first-order chi connectivity index (χ1) is 17.0. The molecule has 0 radical (unpaired) electrons. The summed E-state index contributed by atoms with van der Waals surface area (Å²) in [6.45, 7) is 10.5. The highest BCUT2D eigenvalue weighted by Gasteiger charge is 2.49. The molecule has 1 amide bonds. The smallest absolute Gasteiger partial charge is 0.282 e. The van der Waals surface area contributed by atoms with Gasteiger partial charge in [-0.05, 0) is 49.8 Å². The molecule has 184 valence electrons. The van der Waals surface area contributed by atoms with Crippen LogP contribution >= 0.6 is 0 Å². The number of rotatable bonds is 8. The number of benzene rings is 3. The van der Waals surface area contributed by atoms with Crippen molar-refractivity contribution in [3.8, 4) is 0 Å². The highest BCUT2D eigenvalue weighted by atomic mass is 16.2. The lowest BCUT2D eigenvalue weighted by Crippen LogP contribution is -2.62. The van der Waals surface area contributed by atoms with Crippen molar-refractivity contribution >= 4 is 11.6 Å². The lowest BCUT2D eigenvalue weighted by molar-refractivity contribution is -0.987. The van der Waals surface area contributed by atoms with E-state index in [9.17, 15) is 4.79 Å². The van der Waals surface area contributed by atoms with E-state index >= 15 is 0 Å². The van der Waals surface area contributed by atoms with Gasteiger partial charge in [0, 0.05) is 29.7 Å². The van der Waals surface area contributed by atoms with Crippen LogP contribution in [0.25, 0.3) is 0 Å². The average molecular weight is 470 g/mol. The predicted octanol–water partition coefficient (Wildman–Crippen LogP) is 7.53. The number of nitrogens with zero attached hydrogens (tertiary/aromatic N) is 1. The second-order valence-corrected chi connectivity index (χ2v) is 10.2. The van der Waals surface area contributed by atoms with E-state index in [1.54, 1.807) is 0 Å². The highest BCUT2D eigenvalue weighted by molar-refractivity contribution is 5.95. The second-order valence-electron chi connectivity index (χ2n) is 10.2. The third-order valence-corrected chi connectivity index (χ3v) is 8.11. The van der Waals surface area contributed by atoms with Crippen LogP contribution < -0.4 is 5.32 Å². The number of carbonyl (C=O) groups excluding carboxylic acids is 1. The summed E-state index contributed by atoms with van der Waals surface area (Å²) in [5.41, 5.74) is 7.35. The fourth-order valence-electron chi connectivity index (χ4n) is 6.34. The molecule has 1 saturated heterocycles. The van der Waals surface area contributed by atoms with Crippen molar-refractivity contribution < 1.29 is 9.28 Å². The van der Waals surface area contributed by atoms with E-state index in [0.717, 1.165) is 60.1 Å². The van der Waals surface area contributed by atoms with Gasteiger partial charge in [-0.25, -0.2) is 0 Å². The summed E-state index contributed by atoms with van der Waals surface area (Å²) in [5.74, 6) is 0.154. The van der Waals surface area contributed by atoms with Crippen LogP contribution in [0.3, 0.4) is 0 Å². The van der Waals surface area contributed by atoms with Crippen molar-refractivity contribution in [2.45, 2.75) is 78.4 Å². The molecule has 0 bridgehead atoms. The number of nitrogens with one attached hydrogen (secondary N) is 1. The number of hydrogen-bond acceptors (Lipinski definition) is 1. The summed E-state index contributed by atoms with van der Waals surface area (Å²) < 4.78 is 0.800. The third kappa shape index (κ3) is 5.21. The van der Waals surface area contributed by atoms with Gasteiger partial charge in [0.05, 0.1) is 6.54 Å². The Hall–Kier alpha value is -2.91. The number of amides is 1. The number of likely N-dealkylation sites (tertiary alicyclic amines) is 1. The Morgan fingerprint density at radius 3 is 2.20 bits per heavy atom. The molecule has 35 heavy (non-hydrogen) atoms. The quantitative estimate of drug-likeness (QED) is 0.340. The van der Waals surface area contributed by atoms with E-state index in [0.29, 0.717) is 6.04 Å². The maximum absolute atomic E-state index is 14.1. The summed E-state index contributed by atoms with van der Waals surface area (Å²) in [5, 5.41) is 3.38. The summed E-state index contributed by atoms with van der Waals surface area (Å²) in [4.78, 5) is 14.1. The van der Waals surface area contributed by atoms with Gasteiger partial charge < -0.3 is 9.80 Å². The Morgan fingerprint density at radius 1 is 0.886 bits per heavy atom. The van der Waals surface area contributed by atoms with E-state index in [-0.39, 0.29) is 11.9 Å². The Morgan fingerprint density at radius 2 is 1.54 bits per heavy atom. The molecule has 1 N–H and O–H groups in total. The Kier molecular flexibility index (Phi) is 8.07. The fraction of sp³-hybridized carbons (Fsp3) is 0.406. The van der Waals surface area contributed by atoms with Crippen LogP contribution in [-0.4, -0.2) is 23.0 Å². The van der Waals surface area contributed by atoms with Crippen molar-refractivity contribution in [1.29, 1.82) is 0 Å². The van der Waals surface area contributed by atoms with Crippen molar-refractivity contribution in [3.63, 3.8) is 0 Å². The topological polar surface area (TPSA) is 29.1 Å². The third-order valence-electron chi connectivity index (χ3n) is 8.11. The Bertz CT molecular complexity index is 1120. The number of piperidine rings is 1. The van der Waals surface area contributed by atoms with Crippen molar-refractivity contribution in [3.05, 3.63) is 101 Å². The number of anilines is 1. The summed E-state index contributed by atoms with van der Waals surface area (Å²) in [6.07, 6.45) is 5.31. The minimum Gasteiger partial charge on any atom is -0.320 e. The molecule has 3 aromatic rings. The normalized spacial score (nSPS) is 20.9. The van der Waals surface area contributed by atoms with E-state index in [2.05, 4.69) is 106 Å². The molecule has 1 fully saturated rings. The van der Waals surface area contributed by atoms with Gasteiger partial charge in [0.2, 0.25) is 0 Å². The van der Waals surface area contributed by atoms with Gasteiger partial charge in [0.25, 0.3) is 5.91 Å². The van der Waals surface area contributed by atoms with Crippen LogP contribution in [-0.2, 0) is 17.8 Å². The zero-order valence-corrected chi connectivity index (χ0v) is 21.9. The van der Waals surface area contributed by atoms with E-state index in [4.69, 9.17) is 0 Å². The van der Waals surface area contributed by atoms with Crippen molar-refractivity contribution in [2.75, 3.05) is 11.9 Å². The molecule has 0 aromatic heterocycles.